The molecule has 0 aromatic carbocycles. The highest BCUT2D eigenvalue weighted by Crippen LogP contribution is 2.07. The normalized spacial score (nSPS) is 12.8. The second-order valence-corrected chi connectivity index (χ2v) is 5.20. The first-order chi connectivity index (χ1) is 7.00. The molecule has 0 unspecified atom stereocenters. The van der Waals surface area contributed by atoms with Gasteiger partial charge in [-0.15, -0.1) is 0 Å². The van der Waals surface area contributed by atoms with Gasteiger partial charge in [-0.25, -0.2) is 8.96 Å². The highest BCUT2D eigenvalue weighted by atomic mass is 32.2. The van der Waals surface area contributed by atoms with Crippen LogP contribution < -0.4 is 0 Å². The molecule has 1 heterocycles. The minimum absolute atomic E-state index is 0.422. The van der Waals surface area contributed by atoms with Gasteiger partial charge in [0.15, 0.2) is 0 Å². The van der Waals surface area contributed by atoms with Crippen molar-refractivity contribution >= 4 is 16.3 Å². The van der Waals surface area contributed by atoms with E-state index in [9.17, 15) is 8.42 Å². The lowest BCUT2D eigenvalue weighted by atomic mass is 10.4. The molecule has 6 heteroatoms. The Hall–Kier alpha value is -1.14. The molecule has 84 valence electrons. The van der Waals surface area contributed by atoms with E-state index in [4.69, 9.17) is 0 Å². The van der Waals surface area contributed by atoms with Crippen molar-refractivity contribution in [2.24, 2.45) is 0 Å². The Bertz CT molecular complexity index is 446. The van der Waals surface area contributed by atoms with Crippen molar-refractivity contribution in [2.75, 3.05) is 14.1 Å². The molecule has 0 aliphatic heterocycles. The van der Waals surface area contributed by atoms with Crippen LogP contribution in [0.1, 0.15) is 19.2 Å². The largest absolute Gasteiger partial charge is 0.308 e. The fraction of sp³-hybridized carbons (Fsp3) is 0.444. The van der Waals surface area contributed by atoms with E-state index in [2.05, 4.69) is 4.98 Å². The molecule has 0 spiro atoms. The van der Waals surface area contributed by atoms with Crippen molar-refractivity contribution in [3.05, 3.63) is 24.3 Å². The molecule has 1 rings (SSSR count). The summed E-state index contributed by atoms with van der Waals surface area (Å²) in [6, 6.07) is 0. The molecule has 0 bridgehead atoms. The topological polar surface area (TPSA) is 55.2 Å². The molecule has 1 aromatic rings. The van der Waals surface area contributed by atoms with E-state index in [1.165, 1.54) is 26.5 Å². The number of imidazole rings is 1. The van der Waals surface area contributed by atoms with Crippen molar-refractivity contribution < 1.29 is 8.42 Å². The maximum atomic E-state index is 11.8. The van der Waals surface area contributed by atoms with Crippen molar-refractivity contribution in [3.8, 4) is 0 Å². The van der Waals surface area contributed by atoms with Gasteiger partial charge in [-0.05, 0) is 12.5 Å². The van der Waals surface area contributed by atoms with Crippen LogP contribution in [0.2, 0.25) is 0 Å². The number of nitrogens with zero attached hydrogens (tertiary/aromatic N) is 3. The summed E-state index contributed by atoms with van der Waals surface area (Å²) < 4.78 is 25.9. The molecule has 15 heavy (non-hydrogen) atoms. The fourth-order valence-corrected chi connectivity index (χ4v) is 1.92. The van der Waals surface area contributed by atoms with Gasteiger partial charge in [0.05, 0.1) is 0 Å². The molecule has 0 atom stereocenters. The predicted molar refractivity (Wildman–Crippen MR) is 59.6 cm³/mol. The Morgan fingerprint density at radius 1 is 1.53 bits per heavy atom. The SMILES string of the molecule is CC/C=C\c1nccn1S(=O)(=O)N(C)C. The molecule has 0 aliphatic carbocycles. The van der Waals surface area contributed by atoms with Crippen LogP contribution in [0.4, 0.5) is 0 Å². The molecular weight excluding hydrogens is 214 g/mol. The van der Waals surface area contributed by atoms with E-state index in [1.54, 1.807) is 6.08 Å². The summed E-state index contributed by atoms with van der Waals surface area (Å²) in [5.41, 5.74) is 0. The summed E-state index contributed by atoms with van der Waals surface area (Å²) in [6.07, 6.45) is 7.31. The zero-order valence-electron chi connectivity index (χ0n) is 9.08. The molecule has 0 N–H and O–H groups in total. The minimum atomic E-state index is -3.46. The Labute approximate surface area is 90.2 Å². The molecule has 1 aromatic heterocycles. The first kappa shape index (κ1) is 11.9. The van der Waals surface area contributed by atoms with E-state index in [-0.39, 0.29) is 0 Å². The van der Waals surface area contributed by atoms with Gasteiger partial charge in [0, 0.05) is 26.5 Å². The van der Waals surface area contributed by atoms with Crippen molar-refractivity contribution in [3.63, 3.8) is 0 Å². The van der Waals surface area contributed by atoms with Gasteiger partial charge in [0.1, 0.15) is 5.82 Å². The number of aromatic nitrogens is 2. The van der Waals surface area contributed by atoms with E-state index in [0.29, 0.717) is 5.82 Å². The first-order valence-electron chi connectivity index (χ1n) is 4.63. The number of hydrogen-bond acceptors (Lipinski definition) is 3. The average Bonchev–Trinajstić information content (AvgIpc) is 2.62. The monoisotopic (exact) mass is 229 g/mol. The summed E-state index contributed by atoms with van der Waals surface area (Å²) >= 11 is 0. The molecule has 0 radical (unpaired) electrons. The summed E-state index contributed by atoms with van der Waals surface area (Å²) in [6.45, 7) is 1.98. The summed E-state index contributed by atoms with van der Waals surface area (Å²) in [7, 11) is -0.481. The van der Waals surface area contributed by atoms with Crippen LogP contribution in [0.5, 0.6) is 0 Å². The van der Waals surface area contributed by atoms with Crippen LogP contribution in [0, 0.1) is 0 Å². The third-order valence-electron chi connectivity index (χ3n) is 1.85. The van der Waals surface area contributed by atoms with E-state index >= 15 is 0 Å². The van der Waals surface area contributed by atoms with Crippen molar-refractivity contribution in [2.45, 2.75) is 13.3 Å². The molecule has 0 fully saturated rings. The van der Waals surface area contributed by atoms with Crippen LogP contribution in [0.15, 0.2) is 18.5 Å². The molecule has 5 nitrogen and oxygen atoms in total. The lowest BCUT2D eigenvalue weighted by Gasteiger charge is -2.12. The van der Waals surface area contributed by atoms with Crippen LogP contribution >= 0.6 is 0 Å². The Morgan fingerprint density at radius 2 is 2.20 bits per heavy atom. The number of allylic oxidation sites excluding steroid dienone is 1. The highest BCUT2D eigenvalue weighted by molar-refractivity contribution is 7.87. The third-order valence-corrected chi connectivity index (χ3v) is 3.58. The number of rotatable bonds is 4. The lowest BCUT2D eigenvalue weighted by Crippen LogP contribution is -2.29. The Balaban J connectivity index is 3.16. The standard InChI is InChI=1S/C9H15N3O2S/c1-4-5-6-9-10-7-8-12(9)15(13,14)11(2)3/h5-8H,4H2,1-3H3/b6-5-. The zero-order valence-corrected chi connectivity index (χ0v) is 9.90. The zero-order chi connectivity index (χ0) is 11.5. The molecule has 0 saturated carbocycles. The summed E-state index contributed by atoms with van der Waals surface area (Å²) in [4.78, 5) is 3.97. The van der Waals surface area contributed by atoms with Crippen molar-refractivity contribution in [1.82, 2.24) is 13.3 Å². The van der Waals surface area contributed by atoms with E-state index in [1.807, 2.05) is 13.0 Å². The van der Waals surface area contributed by atoms with E-state index in [0.717, 1.165) is 14.7 Å². The van der Waals surface area contributed by atoms with Gasteiger partial charge < -0.3 is 0 Å². The van der Waals surface area contributed by atoms with Crippen LogP contribution in [-0.4, -0.2) is 35.8 Å². The maximum absolute atomic E-state index is 11.8. The lowest BCUT2D eigenvalue weighted by molar-refractivity contribution is 0.510. The molecule has 0 amide bonds. The minimum Gasteiger partial charge on any atom is -0.236 e. The van der Waals surface area contributed by atoms with Gasteiger partial charge >= 0.3 is 10.2 Å². The molecular formula is C9H15N3O2S. The van der Waals surface area contributed by atoms with Crippen molar-refractivity contribution in [1.29, 1.82) is 0 Å². The highest BCUT2D eigenvalue weighted by Gasteiger charge is 2.18. The fourth-order valence-electron chi connectivity index (χ4n) is 1.01. The Kier molecular flexibility index (Phi) is 3.65. The maximum Gasteiger partial charge on any atom is 0.308 e. The molecule has 0 saturated heterocycles. The van der Waals surface area contributed by atoms with Crippen LogP contribution in [0.3, 0.4) is 0 Å². The quantitative estimate of drug-likeness (QED) is 0.772. The van der Waals surface area contributed by atoms with Gasteiger partial charge in [-0.3, -0.25) is 0 Å². The van der Waals surface area contributed by atoms with Gasteiger partial charge in [0.25, 0.3) is 0 Å². The van der Waals surface area contributed by atoms with Crippen LogP contribution in [0.25, 0.3) is 6.08 Å². The van der Waals surface area contributed by atoms with Gasteiger partial charge in [-0.1, -0.05) is 13.0 Å². The average molecular weight is 229 g/mol. The second-order valence-electron chi connectivity index (χ2n) is 3.18. The Morgan fingerprint density at radius 3 is 2.73 bits per heavy atom. The summed E-state index contributed by atoms with van der Waals surface area (Å²) in [5.74, 6) is 0.422. The predicted octanol–water partition coefficient (Wildman–Crippen LogP) is 0.961. The first-order valence-corrected chi connectivity index (χ1v) is 6.02. The number of hydrogen-bond donors (Lipinski definition) is 0. The smallest absolute Gasteiger partial charge is 0.236 e. The van der Waals surface area contributed by atoms with E-state index < -0.39 is 10.2 Å². The van der Waals surface area contributed by atoms with Gasteiger partial charge in [0.2, 0.25) is 0 Å². The van der Waals surface area contributed by atoms with Crippen LogP contribution in [-0.2, 0) is 10.2 Å². The summed E-state index contributed by atoms with van der Waals surface area (Å²) in [5, 5.41) is 0. The van der Waals surface area contributed by atoms with Gasteiger partial charge in [-0.2, -0.15) is 12.7 Å². The molecule has 0 aliphatic rings. The second kappa shape index (κ2) is 4.59. The third kappa shape index (κ3) is 2.45.